The van der Waals surface area contributed by atoms with Crippen LogP contribution >= 0.6 is 0 Å². The Kier molecular flexibility index (Phi) is 5.37. The lowest BCUT2D eigenvalue weighted by molar-refractivity contribution is 0.960. The molecule has 3 heterocycles. The maximum Gasteiger partial charge on any atom is 0.146 e. The second-order valence-electron chi connectivity index (χ2n) is 12.2. The zero-order valence-electron chi connectivity index (χ0n) is 25.1. The predicted octanol–water partition coefficient (Wildman–Crippen LogP) is 10.8. The first-order valence-electron chi connectivity index (χ1n) is 15.9. The van der Waals surface area contributed by atoms with E-state index >= 15 is 0 Å². The van der Waals surface area contributed by atoms with Crippen molar-refractivity contribution in [2.24, 2.45) is 0 Å². The molecule has 3 aromatic heterocycles. The first-order chi connectivity index (χ1) is 22.8. The molecule has 1 aliphatic carbocycles. The number of hydrogen-bond acceptors (Lipinski definition) is 2. The Balaban J connectivity index is 1.12. The minimum absolute atomic E-state index is 0.992. The number of para-hydroxylation sites is 5. The van der Waals surface area contributed by atoms with Crippen LogP contribution in [0.1, 0.15) is 12.8 Å². The predicted molar refractivity (Wildman–Crippen MR) is 192 cm³/mol. The minimum Gasteiger partial charge on any atom is -0.296 e. The van der Waals surface area contributed by atoms with E-state index in [2.05, 4.69) is 155 Å². The van der Waals surface area contributed by atoms with Gasteiger partial charge < -0.3 is 0 Å². The minimum atomic E-state index is 0.992. The third-order valence-electron chi connectivity index (χ3n) is 9.53. The van der Waals surface area contributed by atoms with Crippen molar-refractivity contribution in [2.75, 3.05) is 0 Å². The summed E-state index contributed by atoms with van der Waals surface area (Å²) in [4.78, 5) is 10.2. The second kappa shape index (κ2) is 9.75. The zero-order valence-corrected chi connectivity index (χ0v) is 25.1. The van der Waals surface area contributed by atoms with Gasteiger partial charge in [0, 0.05) is 22.0 Å². The van der Waals surface area contributed by atoms with Crippen molar-refractivity contribution in [2.45, 2.75) is 12.8 Å². The summed E-state index contributed by atoms with van der Waals surface area (Å²) >= 11 is 0. The van der Waals surface area contributed by atoms with Crippen molar-refractivity contribution in [3.63, 3.8) is 0 Å². The maximum absolute atomic E-state index is 5.12. The van der Waals surface area contributed by atoms with Crippen LogP contribution in [-0.4, -0.2) is 18.9 Å². The molecule has 46 heavy (non-hydrogen) atoms. The van der Waals surface area contributed by atoms with Crippen LogP contribution in [0.3, 0.4) is 0 Å². The van der Waals surface area contributed by atoms with Crippen LogP contribution in [0.4, 0.5) is 0 Å². The smallest absolute Gasteiger partial charge is 0.146 e. The second-order valence-corrected chi connectivity index (χ2v) is 12.2. The number of nitrogens with zero attached hydrogens (tertiary/aromatic N) is 4. The highest BCUT2D eigenvalue weighted by molar-refractivity contribution is 6.14. The highest BCUT2D eigenvalue weighted by Gasteiger charge is 2.17. The molecule has 0 unspecified atom stereocenters. The van der Waals surface area contributed by atoms with Gasteiger partial charge in [0.05, 0.1) is 27.6 Å². The third-order valence-corrected chi connectivity index (χ3v) is 9.53. The molecule has 0 radical (unpaired) electrons. The van der Waals surface area contributed by atoms with E-state index in [1.54, 1.807) is 0 Å². The summed E-state index contributed by atoms with van der Waals surface area (Å²) in [6.45, 7) is 0. The van der Waals surface area contributed by atoms with Gasteiger partial charge >= 0.3 is 0 Å². The fourth-order valence-electron chi connectivity index (χ4n) is 7.34. The largest absolute Gasteiger partial charge is 0.296 e. The lowest BCUT2D eigenvalue weighted by atomic mass is 9.97. The molecule has 0 atom stereocenters. The number of pyridine rings is 1. The average Bonchev–Trinajstić information content (AvgIpc) is 3.71. The number of fused-ring (bicyclic) bond motifs is 10. The monoisotopic (exact) mass is 588 g/mol. The molecule has 6 aromatic carbocycles. The van der Waals surface area contributed by atoms with Crippen molar-refractivity contribution in [1.29, 1.82) is 0 Å². The summed E-state index contributed by atoms with van der Waals surface area (Å²) in [6.07, 6.45) is 8.66. The van der Waals surface area contributed by atoms with E-state index in [4.69, 9.17) is 9.97 Å². The van der Waals surface area contributed by atoms with Gasteiger partial charge in [0.1, 0.15) is 11.5 Å². The van der Waals surface area contributed by atoms with E-state index in [0.29, 0.717) is 0 Å². The van der Waals surface area contributed by atoms with E-state index in [1.807, 2.05) is 0 Å². The Labute approximate surface area is 265 Å². The fraction of sp³-hybridized carbons (Fsp3) is 0.0476. The lowest BCUT2D eigenvalue weighted by Crippen LogP contribution is -2.01. The Morgan fingerprint density at radius 2 is 1.20 bits per heavy atom. The molecule has 1 aliphatic rings. The third kappa shape index (κ3) is 3.74. The number of aromatic nitrogens is 4. The van der Waals surface area contributed by atoms with Crippen LogP contribution in [0.25, 0.3) is 88.4 Å². The number of imidazole rings is 2. The topological polar surface area (TPSA) is 35.1 Å². The molecule has 4 heteroatoms. The van der Waals surface area contributed by atoms with Gasteiger partial charge in [-0.05, 0) is 94.7 Å². The van der Waals surface area contributed by atoms with Gasteiger partial charge in [-0.2, -0.15) is 0 Å². The summed E-state index contributed by atoms with van der Waals surface area (Å²) in [6, 6.07) is 45.8. The Morgan fingerprint density at radius 1 is 0.522 bits per heavy atom. The quantitative estimate of drug-likeness (QED) is 0.192. The Morgan fingerprint density at radius 3 is 2.02 bits per heavy atom. The summed E-state index contributed by atoms with van der Waals surface area (Å²) in [5.74, 6) is 0.992. The molecule has 0 bridgehead atoms. The first kappa shape index (κ1) is 25.3. The number of hydrogen-bond donors (Lipinski definition) is 0. The van der Waals surface area contributed by atoms with Crippen molar-refractivity contribution in [3.05, 3.63) is 146 Å². The molecule has 0 saturated carbocycles. The number of benzene rings is 6. The summed E-state index contributed by atoms with van der Waals surface area (Å²) < 4.78 is 4.65. The van der Waals surface area contributed by atoms with Gasteiger partial charge in [0.2, 0.25) is 0 Å². The molecule has 0 spiro atoms. The van der Waals surface area contributed by atoms with E-state index in [9.17, 15) is 0 Å². The Hall–Kier alpha value is -6.00. The van der Waals surface area contributed by atoms with Crippen molar-refractivity contribution < 1.29 is 0 Å². The van der Waals surface area contributed by atoms with Crippen LogP contribution in [0.2, 0.25) is 0 Å². The first-order valence-corrected chi connectivity index (χ1v) is 15.9. The zero-order chi connectivity index (χ0) is 30.2. The molecule has 9 aromatic rings. The normalized spacial score (nSPS) is 13.5. The van der Waals surface area contributed by atoms with E-state index in [1.165, 1.54) is 43.9 Å². The highest BCUT2D eigenvalue weighted by atomic mass is 15.1. The van der Waals surface area contributed by atoms with Crippen LogP contribution in [0, 0.1) is 0 Å². The van der Waals surface area contributed by atoms with E-state index in [-0.39, 0.29) is 0 Å². The van der Waals surface area contributed by atoms with Crippen LogP contribution in [0.15, 0.2) is 146 Å². The molecule has 0 amide bonds. The van der Waals surface area contributed by atoms with E-state index < -0.39 is 0 Å². The fourth-order valence-corrected chi connectivity index (χ4v) is 7.34. The highest BCUT2D eigenvalue weighted by Crippen LogP contribution is 2.37. The average molecular weight is 589 g/mol. The number of rotatable bonds is 3. The van der Waals surface area contributed by atoms with E-state index in [0.717, 1.165) is 57.3 Å². The molecule has 0 N–H and O–H groups in total. The van der Waals surface area contributed by atoms with Crippen LogP contribution < -0.4 is 0 Å². The SMILES string of the molecule is C1=CCCC(n2c(-c3ccc4cc(-c5ccc6c7ccccc7n7c8ccccc8nc7c6c5)ccc4c3)nc3ccccc32)=C1. The molecule has 0 saturated heterocycles. The van der Waals surface area contributed by atoms with Gasteiger partial charge in [0.15, 0.2) is 0 Å². The van der Waals surface area contributed by atoms with Crippen LogP contribution in [-0.2, 0) is 0 Å². The summed E-state index contributed by atoms with van der Waals surface area (Å²) in [5, 5.41) is 6.02. The molecular formula is C42H28N4. The maximum atomic E-state index is 5.12. The molecule has 0 fully saturated rings. The van der Waals surface area contributed by atoms with Gasteiger partial charge in [0.25, 0.3) is 0 Å². The van der Waals surface area contributed by atoms with Crippen molar-refractivity contribution in [3.8, 4) is 22.5 Å². The molecule has 0 aliphatic heterocycles. The van der Waals surface area contributed by atoms with Gasteiger partial charge in [-0.15, -0.1) is 0 Å². The van der Waals surface area contributed by atoms with Gasteiger partial charge in [-0.3, -0.25) is 8.97 Å². The van der Waals surface area contributed by atoms with Gasteiger partial charge in [-0.25, -0.2) is 9.97 Å². The van der Waals surface area contributed by atoms with Crippen LogP contribution in [0.5, 0.6) is 0 Å². The number of allylic oxidation sites excluding steroid dienone is 4. The standard InChI is InChI=1S/C42H28N4/c1-2-10-32(11-3-1)45-39-16-8-5-13-36(39)43-41(45)31-21-20-27-24-28(18-19-29(27)25-31)30-22-23-33-34-12-4-7-15-38(34)46-40-17-9-6-14-37(40)44-42(46)35(33)26-30/h1-2,4-10,12-26H,3,11H2. The molecule has 10 rings (SSSR count). The van der Waals surface area contributed by atoms with Crippen molar-refractivity contribution >= 4 is 65.9 Å². The van der Waals surface area contributed by atoms with Gasteiger partial charge in [-0.1, -0.05) is 91.0 Å². The summed E-state index contributed by atoms with van der Waals surface area (Å²) in [5.41, 5.74) is 11.3. The molecule has 216 valence electrons. The molecular weight excluding hydrogens is 560 g/mol. The Bertz CT molecular complexity index is 2760. The molecule has 4 nitrogen and oxygen atoms in total. The van der Waals surface area contributed by atoms with Crippen molar-refractivity contribution in [1.82, 2.24) is 18.9 Å². The summed E-state index contributed by atoms with van der Waals surface area (Å²) in [7, 11) is 0. The lowest BCUT2D eigenvalue weighted by Gasteiger charge is -2.15.